The Morgan fingerprint density at radius 1 is 1.21 bits per heavy atom. The van der Waals surface area contributed by atoms with Gasteiger partial charge < -0.3 is 9.16 Å². The standard InChI is InChI=1S/C25H33N2O5Si/c1-7-15-31-23(30)27-17-18(24(2,3)4)16-25(27,32-33(5)6)13-10-14-26-21(28)19-11-8-9-12-20(19)22(26)29/h7-13,18H,1,14-17H2,2-6H3/b13-10-/t18-,25+/m0/s1. The van der Waals surface area contributed by atoms with Gasteiger partial charge >= 0.3 is 6.09 Å². The first-order valence-electron chi connectivity index (χ1n) is 11.2. The molecular weight excluding hydrogens is 436 g/mol. The third kappa shape index (κ3) is 5.12. The molecule has 7 nitrogen and oxygen atoms in total. The number of likely N-dealkylation sites (tertiary alicyclic amines) is 1. The minimum atomic E-state index is -1.21. The number of fused-ring (bicyclic) bond motifs is 1. The van der Waals surface area contributed by atoms with Crippen molar-refractivity contribution in [2.24, 2.45) is 11.3 Å². The smallest absolute Gasteiger partial charge is 0.412 e. The molecule has 2 heterocycles. The van der Waals surface area contributed by atoms with E-state index in [9.17, 15) is 14.4 Å². The van der Waals surface area contributed by atoms with Crippen LogP contribution >= 0.6 is 0 Å². The summed E-state index contributed by atoms with van der Waals surface area (Å²) in [6.07, 6.45) is 5.26. The van der Waals surface area contributed by atoms with Crippen molar-refractivity contribution < 1.29 is 23.5 Å². The Labute approximate surface area is 197 Å². The Kier molecular flexibility index (Phi) is 7.28. The lowest BCUT2D eigenvalue weighted by Gasteiger charge is -2.37. The van der Waals surface area contributed by atoms with Crippen molar-refractivity contribution in [3.8, 4) is 0 Å². The lowest BCUT2D eigenvalue weighted by atomic mass is 9.79. The minimum absolute atomic E-state index is 0.0488. The average Bonchev–Trinajstić information content (AvgIpc) is 3.23. The zero-order chi connectivity index (χ0) is 24.4. The van der Waals surface area contributed by atoms with Crippen LogP contribution in [0.25, 0.3) is 0 Å². The highest BCUT2D eigenvalue weighted by molar-refractivity contribution is 6.48. The van der Waals surface area contributed by atoms with Crippen molar-refractivity contribution in [3.05, 3.63) is 60.2 Å². The summed E-state index contributed by atoms with van der Waals surface area (Å²) < 4.78 is 11.8. The number of imide groups is 1. The highest BCUT2D eigenvalue weighted by Crippen LogP contribution is 2.44. The van der Waals surface area contributed by atoms with Gasteiger partial charge in [0.15, 0.2) is 5.72 Å². The Morgan fingerprint density at radius 2 is 1.82 bits per heavy atom. The highest BCUT2D eigenvalue weighted by atomic mass is 28.3. The topological polar surface area (TPSA) is 76.2 Å². The first kappa shape index (κ1) is 24.9. The quantitative estimate of drug-likeness (QED) is 0.334. The molecule has 0 unspecified atom stereocenters. The summed E-state index contributed by atoms with van der Waals surface area (Å²) in [5.41, 5.74) is -0.213. The summed E-state index contributed by atoms with van der Waals surface area (Å²) in [6.45, 7) is 14.8. The van der Waals surface area contributed by atoms with E-state index < -0.39 is 20.9 Å². The SMILES string of the molecule is C=CCOC(=O)N1C[C@@H](C(C)(C)C)C[C@@]1(/C=C\CN1C(=O)c2ccccc2C1=O)O[Si](C)C. The number of nitrogens with zero attached hydrogens (tertiary/aromatic N) is 2. The van der Waals surface area contributed by atoms with Crippen LogP contribution in [0.3, 0.4) is 0 Å². The Morgan fingerprint density at radius 3 is 2.33 bits per heavy atom. The van der Waals surface area contributed by atoms with Crippen molar-refractivity contribution >= 4 is 26.9 Å². The molecule has 33 heavy (non-hydrogen) atoms. The number of carbonyl (C=O) groups excluding carboxylic acids is 3. The molecule has 2 aliphatic heterocycles. The zero-order valence-electron chi connectivity index (χ0n) is 20.1. The van der Waals surface area contributed by atoms with Crippen molar-refractivity contribution in [1.29, 1.82) is 0 Å². The first-order chi connectivity index (χ1) is 15.5. The molecule has 0 aliphatic carbocycles. The van der Waals surface area contributed by atoms with E-state index in [-0.39, 0.29) is 36.3 Å². The lowest BCUT2D eigenvalue weighted by Crippen LogP contribution is -2.50. The van der Waals surface area contributed by atoms with Crippen LogP contribution in [0.4, 0.5) is 4.79 Å². The van der Waals surface area contributed by atoms with Crippen LogP contribution < -0.4 is 0 Å². The maximum Gasteiger partial charge on any atom is 0.412 e. The molecule has 3 rings (SSSR count). The van der Waals surface area contributed by atoms with Crippen molar-refractivity contribution in [1.82, 2.24) is 9.80 Å². The van der Waals surface area contributed by atoms with Crippen molar-refractivity contribution in [3.63, 3.8) is 0 Å². The van der Waals surface area contributed by atoms with Crippen LogP contribution in [-0.4, -0.2) is 62.2 Å². The van der Waals surface area contributed by atoms with Gasteiger partial charge in [-0.1, -0.05) is 51.6 Å². The second-order valence-corrected chi connectivity index (χ2v) is 11.8. The lowest BCUT2D eigenvalue weighted by molar-refractivity contribution is -0.0134. The van der Waals surface area contributed by atoms with Gasteiger partial charge in [0.25, 0.3) is 11.8 Å². The number of hydrogen-bond donors (Lipinski definition) is 0. The normalized spacial score (nSPS) is 23.0. The van der Waals surface area contributed by atoms with Gasteiger partial charge in [0.05, 0.1) is 11.1 Å². The summed E-state index contributed by atoms with van der Waals surface area (Å²) in [7, 11) is -1.21. The first-order valence-corrected chi connectivity index (χ1v) is 13.6. The molecule has 3 amide bonds. The maximum atomic E-state index is 13.0. The number of hydrogen-bond acceptors (Lipinski definition) is 5. The minimum Gasteiger partial charge on any atom is -0.445 e. The molecule has 1 radical (unpaired) electrons. The third-order valence-corrected chi connectivity index (χ3v) is 6.86. The molecule has 0 N–H and O–H groups in total. The molecule has 1 aromatic rings. The average molecular weight is 470 g/mol. The molecule has 1 aromatic carbocycles. The Hall–Kier alpha value is -2.71. The van der Waals surface area contributed by atoms with Gasteiger partial charge in [-0.25, -0.2) is 4.79 Å². The predicted molar refractivity (Wildman–Crippen MR) is 128 cm³/mol. The van der Waals surface area contributed by atoms with E-state index in [0.717, 1.165) is 0 Å². The van der Waals surface area contributed by atoms with E-state index in [4.69, 9.17) is 9.16 Å². The second-order valence-electron chi connectivity index (χ2n) is 9.77. The number of carbonyl (C=O) groups is 3. The van der Waals surface area contributed by atoms with Crippen LogP contribution in [0.5, 0.6) is 0 Å². The van der Waals surface area contributed by atoms with Gasteiger partial charge in [-0.05, 0) is 42.6 Å². The Balaban J connectivity index is 1.89. The molecule has 2 aliphatic rings. The fraction of sp³-hybridized carbons (Fsp3) is 0.480. The third-order valence-electron chi connectivity index (χ3n) is 6.09. The van der Waals surface area contributed by atoms with Crippen LogP contribution in [-0.2, 0) is 9.16 Å². The second kappa shape index (κ2) is 9.65. The van der Waals surface area contributed by atoms with Crippen molar-refractivity contribution in [2.75, 3.05) is 19.7 Å². The molecule has 2 atom stereocenters. The molecule has 1 saturated heterocycles. The zero-order valence-corrected chi connectivity index (χ0v) is 21.1. The molecule has 0 spiro atoms. The number of ether oxygens (including phenoxy) is 1. The molecular formula is C25H33N2O5Si. The van der Waals surface area contributed by atoms with Gasteiger partial charge in [0.2, 0.25) is 9.04 Å². The van der Waals surface area contributed by atoms with Gasteiger partial charge in [-0.3, -0.25) is 19.4 Å². The van der Waals surface area contributed by atoms with E-state index in [1.54, 1.807) is 35.2 Å². The monoisotopic (exact) mass is 469 g/mol. The largest absolute Gasteiger partial charge is 0.445 e. The van der Waals surface area contributed by atoms with Crippen LogP contribution in [0, 0.1) is 11.3 Å². The number of rotatable bonds is 7. The van der Waals surface area contributed by atoms with Crippen LogP contribution in [0.15, 0.2) is 49.1 Å². The molecule has 0 saturated carbocycles. The Bertz CT molecular complexity index is 933. The van der Waals surface area contributed by atoms with Gasteiger partial charge in [0, 0.05) is 19.5 Å². The fourth-order valence-electron chi connectivity index (χ4n) is 4.31. The van der Waals surface area contributed by atoms with Gasteiger partial charge in [-0.15, -0.1) is 0 Å². The van der Waals surface area contributed by atoms with Gasteiger partial charge in [0.1, 0.15) is 6.61 Å². The van der Waals surface area contributed by atoms with Gasteiger partial charge in [-0.2, -0.15) is 0 Å². The van der Waals surface area contributed by atoms with Crippen molar-refractivity contribution in [2.45, 2.75) is 46.0 Å². The molecule has 177 valence electrons. The van der Waals surface area contributed by atoms with E-state index in [1.165, 1.54) is 11.0 Å². The molecule has 8 heteroatoms. The summed E-state index contributed by atoms with van der Waals surface area (Å²) >= 11 is 0. The number of amides is 3. The number of benzene rings is 1. The van der Waals surface area contributed by atoms with E-state index in [2.05, 4.69) is 27.4 Å². The molecule has 1 fully saturated rings. The predicted octanol–water partition coefficient (Wildman–Crippen LogP) is 4.49. The summed E-state index contributed by atoms with van der Waals surface area (Å²) in [5, 5.41) is 0. The molecule has 0 aromatic heterocycles. The van der Waals surface area contributed by atoms with Crippen LogP contribution in [0.2, 0.25) is 13.1 Å². The summed E-state index contributed by atoms with van der Waals surface area (Å²) in [5.74, 6) is -0.446. The summed E-state index contributed by atoms with van der Waals surface area (Å²) in [6, 6.07) is 6.82. The summed E-state index contributed by atoms with van der Waals surface area (Å²) in [4.78, 5) is 41.3. The molecule has 0 bridgehead atoms. The van der Waals surface area contributed by atoms with E-state index >= 15 is 0 Å². The fourth-order valence-corrected chi connectivity index (χ4v) is 5.28. The van der Waals surface area contributed by atoms with E-state index in [1.807, 2.05) is 19.2 Å². The highest BCUT2D eigenvalue weighted by Gasteiger charge is 2.51. The maximum absolute atomic E-state index is 13.0. The van der Waals surface area contributed by atoms with Crippen LogP contribution in [0.1, 0.15) is 47.9 Å². The van der Waals surface area contributed by atoms with E-state index in [0.29, 0.717) is 24.1 Å².